The number of hydrogen-bond acceptors (Lipinski definition) is 1. The van der Waals surface area contributed by atoms with Crippen molar-refractivity contribution in [3.8, 4) is 0 Å². The van der Waals surface area contributed by atoms with Gasteiger partial charge in [-0.15, -0.1) is 0 Å². The third kappa shape index (κ3) is 2.34. The zero-order valence-electron chi connectivity index (χ0n) is 10.0. The van der Waals surface area contributed by atoms with Gasteiger partial charge in [0.2, 0.25) is 0 Å². The quantitative estimate of drug-likeness (QED) is 0.766. The molecule has 15 heavy (non-hydrogen) atoms. The summed E-state index contributed by atoms with van der Waals surface area (Å²) in [6.07, 6.45) is 4.01. The SMILES string of the molecule is Cc1ccc(NC2CCCC2(C)C)cc1. The molecule has 82 valence electrons. The number of aryl methyl sites for hydroxylation is 1. The number of hydrogen-bond donors (Lipinski definition) is 1. The van der Waals surface area contributed by atoms with Crippen molar-refractivity contribution in [2.45, 2.75) is 46.1 Å². The molecule has 0 heterocycles. The van der Waals surface area contributed by atoms with Gasteiger partial charge in [0, 0.05) is 11.7 Å². The van der Waals surface area contributed by atoms with Crippen molar-refractivity contribution in [1.82, 2.24) is 0 Å². The van der Waals surface area contributed by atoms with Crippen molar-refractivity contribution in [3.05, 3.63) is 29.8 Å². The van der Waals surface area contributed by atoms with E-state index in [0.29, 0.717) is 11.5 Å². The van der Waals surface area contributed by atoms with E-state index in [1.54, 1.807) is 0 Å². The summed E-state index contributed by atoms with van der Waals surface area (Å²) in [7, 11) is 0. The molecule has 1 heteroatoms. The second-order valence-corrected chi connectivity index (χ2v) is 5.44. The van der Waals surface area contributed by atoms with E-state index < -0.39 is 0 Å². The van der Waals surface area contributed by atoms with Crippen molar-refractivity contribution < 1.29 is 0 Å². The average Bonchev–Trinajstić information content (AvgIpc) is 2.50. The molecule has 1 unspecified atom stereocenters. The maximum atomic E-state index is 3.66. The van der Waals surface area contributed by atoms with Crippen LogP contribution in [0.1, 0.15) is 38.7 Å². The van der Waals surface area contributed by atoms with Gasteiger partial charge in [-0.05, 0) is 37.3 Å². The molecule has 0 radical (unpaired) electrons. The second-order valence-electron chi connectivity index (χ2n) is 5.44. The molecule has 1 nitrogen and oxygen atoms in total. The summed E-state index contributed by atoms with van der Waals surface area (Å²) in [6, 6.07) is 9.35. The Morgan fingerprint density at radius 1 is 1.20 bits per heavy atom. The largest absolute Gasteiger partial charge is 0.382 e. The first-order chi connectivity index (χ1) is 7.08. The van der Waals surface area contributed by atoms with Crippen molar-refractivity contribution in [2.75, 3.05) is 5.32 Å². The van der Waals surface area contributed by atoms with Crippen LogP contribution in [0, 0.1) is 12.3 Å². The lowest BCUT2D eigenvalue weighted by atomic mass is 9.87. The number of rotatable bonds is 2. The highest BCUT2D eigenvalue weighted by molar-refractivity contribution is 5.45. The average molecular weight is 203 g/mol. The monoisotopic (exact) mass is 203 g/mol. The molecule has 1 N–H and O–H groups in total. The lowest BCUT2D eigenvalue weighted by Crippen LogP contribution is -2.30. The Morgan fingerprint density at radius 3 is 2.40 bits per heavy atom. The van der Waals surface area contributed by atoms with E-state index in [-0.39, 0.29) is 0 Å². The minimum Gasteiger partial charge on any atom is -0.382 e. The summed E-state index contributed by atoms with van der Waals surface area (Å²) in [4.78, 5) is 0. The summed E-state index contributed by atoms with van der Waals surface area (Å²) in [6.45, 7) is 6.86. The maximum absolute atomic E-state index is 3.66. The molecule has 0 amide bonds. The van der Waals surface area contributed by atoms with Gasteiger partial charge in [0.25, 0.3) is 0 Å². The molecule has 0 aromatic heterocycles. The van der Waals surface area contributed by atoms with E-state index in [0.717, 1.165) is 0 Å². The molecule has 0 aliphatic heterocycles. The molecule has 1 aromatic rings. The van der Waals surface area contributed by atoms with Crippen LogP contribution in [0.2, 0.25) is 0 Å². The van der Waals surface area contributed by atoms with Crippen LogP contribution in [0.4, 0.5) is 5.69 Å². The van der Waals surface area contributed by atoms with Gasteiger partial charge in [0.05, 0.1) is 0 Å². The Labute approximate surface area is 92.9 Å². The molecule has 0 bridgehead atoms. The molecular formula is C14H21N. The van der Waals surface area contributed by atoms with Crippen LogP contribution in [0.3, 0.4) is 0 Å². The Balaban J connectivity index is 2.06. The van der Waals surface area contributed by atoms with Crippen LogP contribution < -0.4 is 5.32 Å². The molecule has 0 saturated heterocycles. The standard InChI is InChI=1S/C14H21N/c1-11-6-8-12(9-7-11)15-13-5-4-10-14(13,2)3/h6-9,13,15H,4-5,10H2,1-3H3. The van der Waals surface area contributed by atoms with Gasteiger partial charge < -0.3 is 5.32 Å². The highest BCUT2D eigenvalue weighted by Gasteiger charge is 2.34. The first-order valence-corrected chi connectivity index (χ1v) is 5.91. The maximum Gasteiger partial charge on any atom is 0.0342 e. The van der Waals surface area contributed by atoms with Crippen LogP contribution in [-0.4, -0.2) is 6.04 Å². The van der Waals surface area contributed by atoms with Crippen molar-refractivity contribution in [2.24, 2.45) is 5.41 Å². The second kappa shape index (κ2) is 3.88. The van der Waals surface area contributed by atoms with Gasteiger partial charge in [-0.3, -0.25) is 0 Å². The fourth-order valence-corrected chi connectivity index (χ4v) is 2.45. The van der Waals surface area contributed by atoms with E-state index in [1.807, 2.05) is 0 Å². The summed E-state index contributed by atoms with van der Waals surface area (Å²) in [5.41, 5.74) is 3.04. The Hall–Kier alpha value is -0.980. The number of nitrogens with one attached hydrogen (secondary N) is 1. The molecule has 1 aromatic carbocycles. The van der Waals surface area contributed by atoms with Crippen LogP contribution in [-0.2, 0) is 0 Å². The van der Waals surface area contributed by atoms with Gasteiger partial charge in [-0.1, -0.05) is 38.0 Å². The first-order valence-electron chi connectivity index (χ1n) is 5.91. The van der Waals surface area contributed by atoms with Crippen molar-refractivity contribution in [1.29, 1.82) is 0 Å². The first kappa shape index (κ1) is 10.5. The molecule has 2 rings (SSSR count). The van der Waals surface area contributed by atoms with E-state index in [2.05, 4.69) is 50.4 Å². The van der Waals surface area contributed by atoms with E-state index in [9.17, 15) is 0 Å². The summed E-state index contributed by atoms with van der Waals surface area (Å²) in [5, 5.41) is 3.66. The van der Waals surface area contributed by atoms with Crippen LogP contribution in [0.15, 0.2) is 24.3 Å². The molecular weight excluding hydrogens is 182 g/mol. The molecule has 0 spiro atoms. The topological polar surface area (TPSA) is 12.0 Å². The van der Waals surface area contributed by atoms with Gasteiger partial charge in [-0.25, -0.2) is 0 Å². The predicted molar refractivity (Wildman–Crippen MR) is 66.2 cm³/mol. The van der Waals surface area contributed by atoms with E-state index in [1.165, 1.54) is 30.5 Å². The van der Waals surface area contributed by atoms with Gasteiger partial charge >= 0.3 is 0 Å². The lowest BCUT2D eigenvalue weighted by molar-refractivity contribution is 0.350. The summed E-state index contributed by atoms with van der Waals surface area (Å²) < 4.78 is 0. The Morgan fingerprint density at radius 2 is 1.87 bits per heavy atom. The number of anilines is 1. The highest BCUT2D eigenvalue weighted by Crippen LogP contribution is 2.38. The van der Waals surface area contributed by atoms with Crippen LogP contribution >= 0.6 is 0 Å². The predicted octanol–water partition coefficient (Wildman–Crippen LogP) is 3.99. The molecule has 1 fully saturated rings. The Bertz CT molecular complexity index is 324. The van der Waals surface area contributed by atoms with Gasteiger partial charge in [0.15, 0.2) is 0 Å². The molecule has 1 aliphatic carbocycles. The fourth-order valence-electron chi connectivity index (χ4n) is 2.45. The lowest BCUT2D eigenvalue weighted by Gasteiger charge is -2.28. The van der Waals surface area contributed by atoms with Gasteiger partial charge in [0.1, 0.15) is 0 Å². The highest BCUT2D eigenvalue weighted by atomic mass is 14.9. The third-order valence-corrected chi connectivity index (χ3v) is 3.65. The Kier molecular flexibility index (Phi) is 2.72. The van der Waals surface area contributed by atoms with Crippen LogP contribution in [0.5, 0.6) is 0 Å². The minimum absolute atomic E-state index is 0.449. The van der Waals surface area contributed by atoms with Crippen molar-refractivity contribution in [3.63, 3.8) is 0 Å². The van der Waals surface area contributed by atoms with Crippen LogP contribution in [0.25, 0.3) is 0 Å². The number of benzene rings is 1. The summed E-state index contributed by atoms with van der Waals surface area (Å²) >= 11 is 0. The molecule has 1 aliphatic rings. The smallest absolute Gasteiger partial charge is 0.0342 e. The minimum atomic E-state index is 0.449. The third-order valence-electron chi connectivity index (χ3n) is 3.65. The van der Waals surface area contributed by atoms with E-state index >= 15 is 0 Å². The van der Waals surface area contributed by atoms with E-state index in [4.69, 9.17) is 0 Å². The van der Waals surface area contributed by atoms with Gasteiger partial charge in [-0.2, -0.15) is 0 Å². The van der Waals surface area contributed by atoms with Crippen molar-refractivity contribution >= 4 is 5.69 Å². The fraction of sp³-hybridized carbons (Fsp3) is 0.571. The summed E-state index contributed by atoms with van der Waals surface area (Å²) in [5.74, 6) is 0. The molecule has 1 saturated carbocycles. The zero-order chi connectivity index (χ0) is 10.9. The normalized spacial score (nSPS) is 24.1. The zero-order valence-corrected chi connectivity index (χ0v) is 10.0. The molecule has 1 atom stereocenters.